The predicted molar refractivity (Wildman–Crippen MR) is 124 cm³/mol. The summed E-state index contributed by atoms with van der Waals surface area (Å²) in [5.41, 5.74) is 4.87. The average molecular weight is 444 g/mol. The average Bonchev–Trinajstić information content (AvgIpc) is 3.42. The second-order valence-corrected chi connectivity index (χ2v) is 7.78. The summed E-state index contributed by atoms with van der Waals surface area (Å²) in [4.78, 5) is 25.2. The third kappa shape index (κ3) is 4.55. The summed E-state index contributed by atoms with van der Waals surface area (Å²) in [6.45, 7) is 5.87. The standard InChI is InChI=1S/C25H25N5O3/c1-16-14-17(2)29(27-16)21-12-10-19(11-13-21)18(3)26-24(31)23-15-22(25(32)33-4)28-30(23)20-8-6-5-7-9-20/h5-15,18H,1-4H3,(H,26,31)/t18-/m1/s1. The maximum atomic E-state index is 13.1. The fraction of sp³-hybridized carbons (Fsp3) is 0.200. The Balaban J connectivity index is 1.57. The van der Waals surface area contributed by atoms with Crippen LogP contribution < -0.4 is 5.32 Å². The van der Waals surface area contributed by atoms with E-state index in [0.29, 0.717) is 5.69 Å². The molecule has 0 aliphatic heterocycles. The van der Waals surface area contributed by atoms with Gasteiger partial charge in [0, 0.05) is 11.8 Å². The summed E-state index contributed by atoms with van der Waals surface area (Å²) in [5.74, 6) is -0.955. The lowest BCUT2D eigenvalue weighted by molar-refractivity contribution is 0.0593. The van der Waals surface area contributed by atoms with Crippen molar-refractivity contribution < 1.29 is 14.3 Å². The molecule has 0 saturated carbocycles. The van der Waals surface area contributed by atoms with Gasteiger partial charge in [0.25, 0.3) is 5.91 Å². The maximum absolute atomic E-state index is 13.1. The van der Waals surface area contributed by atoms with Crippen LogP contribution in [0.1, 0.15) is 50.9 Å². The van der Waals surface area contributed by atoms with E-state index in [1.807, 2.05) is 86.1 Å². The number of carbonyl (C=O) groups is 2. The number of para-hydroxylation sites is 1. The van der Waals surface area contributed by atoms with Gasteiger partial charge in [0.2, 0.25) is 0 Å². The normalized spacial score (nSPS) is 11.8. The molecule has 0 bridgehead atoms. The minimum atomic E-state index is -0.605. The van der Waals surface area contributed by atoms with E-state index in [-0.39, 0.29) is 23.3 Å². The zero-order valence-electron chi connectivity index (χ0n) is 18.9. The molecule has 1 N–H and O–H groups in total. The summed E-state index contributed by atoms with van der Waals surface area (Å²) in [5, 5.41) is 11.8. The first-order valence-corrected chi connectivity index (χ1v) is 10.6. The van der Waals surface area contributed by atoms with Gasteiger partial charge < -0.3 is 10.1 Å². The summed E-state index contributed by atoms with van der Waals surface area (Å²) in [6, 6.07) is 20.2. The van der Waals surface area contributed by atoms with Gasteiger partial charge in [-0.2, -0.15) is 10.2 Å². The topological polar surface area (TPSA) is 91.0 Å². The Labute approximate surface area is 191 Å². The first-order chi connectivity index (χ1) is 15.9. The highest BCUT2D eigenvalue weighted by atomic mass is 16.5. The van der Waals surface area contributed by atoms with E-state index < -0.39 is 5.97 Å². The Hall–Kier alpha value is -4.20. The molecule has 0 spiro atoms. The van der Waals surface area contributed by atoms with Crippen LogP contribution in [-0.4, -0.2) is 38.5 Å². The quantitative estimate of drug-likeness (QED) is 0.456. The predicted octanol–water partition coefficient (Wildman–Crippen LogP) is 3.95. The Kier molecular flexibility index (Phi) is 6.08. The van der Waals surface area contributed by atoms with Gasteiger partial charge in [-0.3, -0.25) is 4.79 Å². The SMILES string of the molecule is COC(=O)c1cc(C(=O)N[C@H](C)c2ccc(-n3nc(C)cc3C)cc2)n(-c2ccccc2)n1. The molecule has 33 heavy (non-hydrogen) atoms. The number of ether oxygens (including phenoxy) is 1. The van der Waals surface area contributed by atoms with Gasteiger partial charge in [0.1, 0.15) is 5.69 Å². The number of aromatic nitrogens is 4. The van der Waals surface area contributed by atoms with Crippen molar-refractivity contribution in [1.29, 1.82) is 0 Å². The molecule has 0 unspecified atom stereocenters. The number of nitrogens with one attached hydrogen (secondary N) is 1. The molecular formula is C25H25N5O3. The number of methoxy groups -OCH3 is 1. The van der Waals surface area contributed by atoms with Crippen molar-refractivity contribution in [3.63, 3.8) is 0 Å². The van der Waals surface area contributed by atoms with E-state index in [0.717, 1.165) is 22.6 Å². The molecule has 1 amide bonds. The molecular weight excluding hydrogens is 418 g/mol. The fourth-order valence-electron chi connectivity index (χ4n) is 3.66. The molecule has 8 heteroatoms. The van der Waals surface area contributed by atoms with Crippen LogP contribution in [0.3, 0.4) is 0 Å². The van der Waals surface area contributed by atoms with E-state index in [2.05, 4.69) is 15.5 Å². The van der Waals surface area contributed by atoms with Crippen molar-refractivity contribution in [3.05, 3.63) is 95.1 Å². The molecule has 2 heterocycles. The number of benzene rings is 2. The van der Waals surface area contributed by atoms with E-state index in [1.54, 1.807) is 0 Å². The Morgan fingerprint density at radius 1 is 0.909 bits per heavy atom. The maximum Gasteiger partial charge on any atom is 0.358 e. The number of hydrogen-bond acceptors (Lipinski definition) is 5. The van der Waals surface area contributed by atoms with E-state index >= 15 is 0 Å². The van der Waals surface area contributed by atoms with Gasteiger partial charge >= 0.3 is 5.97 Å². The van der Waals surface area contributed by atoms with Crippen molar-refractivity contribution in [2.45, 2.75) is 26.8 Å². The number of aryl methyl sites for hydroxylation is 2. The van der Waals surface area contributed by atoms with Crippen LogP contribution in [0.15, 0.2) is 66.7 Å². The lowest BCUT2D eigenvalue weighted by Gasteiger charge is -2.16. The zero-order chi connectivity index (χ0) is 23.5. The van der Waals surface area contributed by atoms with Crippen LogP contribution in [-0.2, 0) is 4.74 Å². The minimum absolute atomic E-state index is 0.0633. The van der Waals surface area contributed by atoms with Crippen molar-refractivity contribution in [3.8, 4) is 11.4 Å². The van der Waals surface area contributed by atoms with Crippen LogP contribution in [0.2, 0.25) is 0 Å². The molecule has 0 aliphatic carbocycles. The molecule has 8 nitrogen and oxygen atoms in total. The second-order valence-electron chi connectivity index (χ2n) is 7.78. The molecule has 0 saturated heterocycles. The number of nitrogens with zero attached hydrogens (tertiary/aromatic N) is 4. The number of carbonyl (C=O) groups excluding carboxylic acids is 2. The lowest BCUT2D eigenvalue weighted by Crippen LogP contribution is -2.28. The minimum Gasteiger partial charge on any atom is -0.464 e. The Morgan fingerprint density at radius 3 is 2.18 bits per heavy atom. The number of amides is 1. The summed E-state index contributed by atoms with van der Waals surface area (Å²) in [6.07, 6.45) is 0. The highest BCUT2D eigenvalue weighted by molar-refractivity contribution is 5.96. The van der Waals surface area contributed by atoms with Crippen LogP contribution in [0.4, 0.5) is 0 Å². The third-order valence-electron chi connectivity index (χ3n) is 5.33. The van der Waals surface area contributed by atoms with Crippen LogP contribution in [0, 0.1) is 13.8 Å². The molecule has 1 atom stereocenters. The summed E-state index contributed by atoms with van der Waals surface area (Å²) in [7, 11) is 1.28. The molecule has 4 aromatic rings. The van der Waals surface area contributed by atoms with Gasteiger partial charge in [-0.05, 0) is 56.7 Å². The van der Waals surface area contributed by atoms with Crippen molar-refractivity contribution in [2.75, 3.05) is 7.11 Å². The first-order valence-electron chi connectivity index (χ1n) is 10.6. The third-order valence-corrected chi connectivity index (χ3v) is 5.33. The fourth-order valence-corrected chi connectivity index (χ4v) is 3.66. The molecule has 2 aromatic heterocycles. The lowest BCUT2D eigenvalue weighted by atomic mass is 10.1. The highest BCUT2D eigenvalue weighted by Crippen LogP contribution is 2.19. The summed E-state index contributed by atoms with van der Waals surface area (Å²) >= 11 is 0. The van der Waals surface area contributed by atoms with Crippen LogP contribution in [0.25, 0.3) is 11.4 Å². The van der Waals surface area contributed by atoms with Gasteiger partial charge in [-0.1, -0.05) is 30.3 Å². The van der Waals surface area contributed by atoms with E-state index in [4.69, 9.17) is 4.74 Å². The van der Waals surface area contributed by atoms with Gasteiger partial charge in [0.15, 0.2) is 5.69 Å². The van der Waals surface area contributed by atoms with Gasteiger partial charge in [0.05, 0.1) is 30.2 Å². The van der Waals surface area contributed by atoms with Crippen molar-refractivity contribution in [1.82, 2.24) is 24.9 Å². The highest BCUT2D eigenvalue weighted by Gasteiger charge is 2.22. The molecule has 0 fully saturated rings. The molecule has 168 valence electrons. The van der Waals surface area contributed by atoms with Crippen LogP contribution >= 0.6 is 0 Å². The monoisotopic (exact) mass is 443 g/mol. The van der Waals surface area contributed by atoms with E-state index in [9.17, 15) is 9.59 Å². The Bertz CT molecular complexity index is 1290. The number of rotatable bonds is 6. The van der Waals surface area contributed by atoms with Crippen molar-refractivity contribution in [2.24, 2.45) is 0 Å². The first kappa shape index (κ1) is 22.0. The number of esters is 1. The molecule has 2 aromatic carbocycles. The smallest absolute Gasteiger partial charge is 0.358 e. The molecule has 4 rings (SSSR count). The van der Waals surface area contributed by atoms with E-state index in [1.165, 1.54) is 17.9 Å². The van der Waals surface area contributed by atoms with Gasteiger partial charge in [-0.15, -0.1) is 0 Å². The van der Waals surface area contributed by atoms with Gasteiger partial charge in [-0.25, -0.2) is 14.2 Å². The van der Waals surface area contributed by atoms with Crippen molar-refractivity contribution >= 4 is 11.9 Å². The molecule has 0 aliphatic rings. The number of hydrogen-bond donors (Lipinski definition) is 1. The largest absolute Gasteiger partial charge is 0.464 e. The Morgan fingerprint density at radius 2 is 1.58 bits per heavy atom. The second kappa shape index (κ2) is 9.12. The zero-order valence-corrected chi connectivity index (χ0v) is 18.9. The summed E-state index contributed by atoms with van der Waals surface area (Å²) < 4.78 is 8.10. The van der Waals surface area contributed by atoms with Crippen LogP contribution in [0.5, 0.6) is 0 Å². The molecule has 0 radical (unpaired) electrons.